The number of rotatable bonds is 1. The first kappa shape index (κ1) is 14.7. The van der Waals surface area contributed by atoms with Crippen LogP contribution in [0.2, 0.25) is 0 Å². The van der Waals surface area contributed by atoms with Gasteiger partial charge < -0.3 is 4.98 Å². The average molecular weight is 320 g/mol. The average Bonchev–Trinajstić information content (AvgIpc) is 3.13. The summed E-state index contributed by atoms with van der Waals surface area (Å²) in [5.41, 5.74) is 2.85. The summed E-state index contributed by atoms with van der Waals surface area (Å²) in [6.45, 7) is 4.00. The van der Waals surface area contributed by atoms with Crippen molar-refractivity contribution in [1.29, 1.82) is 0 Å². The second-order valence-electron chi connectivity index (χ2n) is 5.03. The van der Waals surface area contributed by atoms with E-state index in [1.54, 1.807) is 0 Å². The van der Waals surface area contributed by atoms with Gasteiger partial charge in [-0.15, -0.1) is 0 Å². The zero-order chi connectivity index (χ0) is 15.7. The lowest BCUT2D eigenvalue weighted by atomic mass is 9.84. The Hall–Kier alpha value is -2.21. The van der Waals surface area contributed by atoms with Gasteiger partial charge in [0, 0.05) is 26.4 Å². The zero-order valence-electron chi connectivity index (χ0n) is 12.6. The van der Waals surface area contributed by atoms with E-state index in [-0.39, 0.29) is 16.0 Å². The van der Waals surface area contributed by atoms with Crippen LogP contribution in [0.3, 0.4) is 0 Å². The van der Waals surface area contributed by atoms with Gasteiger partial charge in [0.25, 0.3) is 0 Å². The Morgan fingerprint density at radius 1 is 1.27 bits per heavy atom. The van der Waals surface area contributed by atoms with Gasteiger partial charge in [-0.1, -0.05) is 32.0 Å². The number of ketones is 1. The molecule has 2 heterocycles. The van der Waals surface area contributed by atoms with Crippen LogP contribution >= 0.6 is 12.2 Å². The van der Waals surface area contributed by atoms with Crippen molar-refractivity contribution in [1.82, 2.24) is 20.2 Å². The standard InChI is InChI=1S/C14H12N4OS.C2H6.3H2/c19-12-8(13-16-14(20)18-17-13)5-6-10-11(12)7-3-1-2-4-9(7)15-10;1-2;;;/h1-4,8,15H,5-6H2,(H2,16,17,18,20);1-2H3;3*1H. The monoisotopic (exact) mass is 320 g/mol. The van der Waals surface area contributed by atoms with E-state index >= 15 is 0 Å². The molecule has 1 aromatic carbocycles. The number of hydrogen-bond acceptors (Lipinski definition) is 3. The number of H-pyrrole nitrogens is 3. The molecule has 1 unspecified atom stereocenters. The van der Waals surface area contributed by atoms with E-state index in [0.29, 0.717) is 10.6 Å². The Balaban J connectivity index is 0.00000111. The van der Waals surface area contributed by atoms with E-state index in [4.69, 9.17) is 12.2 Å². The third-order valence-corrected chi connectivity index (χ3v) is 4.07. The zero-order valence-corrected chi connectivity index (χ0v) is 13.4. The number of aromatic nitrogens is 4. The summed E-state index contributed by atoms with van der Waals surface area (Å²) in [4.78, 5) is 20.3. The van der Waals surface area contributed by atoms with Crippen LogP contribution in [0.1, 0.15) is 52.3 Å². The predicted octanol–water partition coefficient (Wildman–Crippen LogP) is 4.63. The minimum absolute atomic E-state index is 0. The predicted molar refractivity (Wildman–Crippen MR) is 95.2 cm³/mol. The Kier molecular flexibility index (Phi) is 3.94. The van der Waals surface area contributed by atoms with Gasteiger partial charge in [-0.3, -0.25) is 15.0 Å². The summed E-state index contributed by atoms with van der Waals surface area (Å²) in [7, 11) is 0. The molecule has 2 aromatic heterocycles. The number of hydrogen-bond donors (Lipinski definition) is 3. The lowest BCUT2D eigenvalue weighted by Crippen LogP contribution is -2.21. The highest BCUT2D eigenvalue weighted by atomic mass is 32.1. The maximum absolute atomic E-state index is 12.8. The van der Waals surface area contributed by atoms with E-state index < -0.39 is 0 Å². The molecule has 1 atom stereocenters. The topological polar surface area (TPSA) is 77.3 Å². The molecule has 120 valence electrons. The van der Waals surface area contributed by atoms with Crippen molar-refractivity contribution >= 4 is 28.9 Å². The summed E-state index contributed by atoms with van der Waals surface area (Å²) >= 11 is 4.96. The van der Waals surface area contributed by atoms with Crippen molar-refractivity contribution in [2.24, 2.45) is 0 Å². The fourth-order valence-corrected chi connectivity index (χ4v) is 3.12. The maximum Gasteiger partial charge on any atom is 0.213 e. The summed E-state index contributed by atoms with van der Waals surface area (Å²) in [6.07, 6.45) is 1.59. The van der Waals surface area contributed by atoms with Gasteiger partial charge >= 0.3 is 0 Å². The number of nitrogens with one attached hydrogen (secondary N) is 3. The first-order valence-corrected chi connectivity index (χ1v) is 7.93. The first-order chi connectivity index (χ1) is 10.7. The largest absolute Gasteiger partial charge is 0.358 e. The molecule has 1 aliphatic carbocycles. The van der Waals surface area contributed by atoms with Gasteiger partial charge in [-0.2, -0.15) is 0 Å². The highest BCUT2D eigenvalue weighted by Crippen LogP contribution is 2.35. The normalized spacial score (nSPS) is 17.0. The van der Waals surface area contributed by atoms with Gasteiger partial charge in [0.15, 0.2) is 5.78 Å². The molecule has 6 heteroatoms. The number of para-hydroxylation sites is 1. The minimum Gasteiger partial charge on any atom is -0.358 e. The number of aryl methyl sites for hydroxylation is 1. The second kappa shape index (κ2) is 5.88. The molecule has 3 N–H and O–H groups in total. The highest BCUT2D eigenvalue weighted by Gasteiger charge is 2.33. The number of fused-ring (bicyclic) bond motifs is 3. The number of Topliss-reactive ketones (excluding diaryl/α,β-unsaturated/α-hetero) is 1. The summed E-state index contributed by atoms with van der Waals surface area (Å²) < 4.78 is 0.387. The van der Waals surface area contributed by atoms with Crippen LogP contribution in [0.25, 0.3) is 10.9 Å². The van der Waals surface area contributed by atoms with Crippen LogP contribution in [0.15, 0.2) is 24.3 Å². The third kappa shape index (κ3) is 2.29. The summed E-state index contributed by atoms with van der Waals surface area (Å²) in [6, 6.07) is 7.91. The Bertz CT molecular complexity index is 887. The number of benzene rings is 1. The van der Waals surface area contributed by atoms with Gasteiger partial charge in [-0.05, 0) is 31.1 Å². The SMILES string of the molecule is CC.O=C1c2c([nH]c3ccccc23)CCC1c1nc(=S)[nH][nH]1.[HH].[HH].[HH]. The van der Waals surface area contributed by atoms with Crippen LogP contribution < -0.4 is 0 Å². The van der Waals surface area contributed by atoms with Crippen molar-refractivity contribution in [2.45, 2.75) is 32.6 Å². The number of carbonyl (C=O) groups excluding carboxylic acids is 1. The molecule has 0 aliphatic heterocycles. The fraction of sp³-hybridized carbons (Fsp3) is 0.312. The van der Waals surface area contributed by atoms with Crippen LogP contribution in [0.5, 0.6) is 0 Å². The smallest absolute Gasteiger partial charge is 0.213 e. The van der Waals surface area contributed by atoms with Crippen molar-refractivity contribution in [3.63, 3.8) is 0 Å². The molecule has 22 heavy (non-hydrogen) atoms. The Morgan fingerprint density at radius 3 is 2.77 bits per heavy atom. The molecule has 0 bridgehead atoms. The summed E-state index contributed by atoms with van der Waals surface area (Å²) in [5, 5.41) is 6.66. The number of nitrogens with zero attached hydrogens (tertiary/aromatic N) is 1. The van der Waals surface area contributed by atoms with Crippen molar-refractivity contribution in [3.8, 4) is 0 Å². The molecule has 1 aliphatic rings. The molecule has 4 rings (SSSR count). The molecule has 0 saturated carbocycles. The first-order valence-electron chi connectivity index (χ1n) is 7.52. The van der Waals surface area contributed by atoms with Crippen LogP contribution in [-0.4, -0.2) is 25.9 Å². The molecule has 0 saturated heterocycles. The minimum atomic E-state index is -0.241. The fourth-order valence-electron chi connectivity index (χ4n) is 2.97. The van der Waals surface area contributed by atoms with Crippen LogP contribution in [0.4, 0.5) is 0 Å². The molecular weight excluding hydrogens is 296 g/mol. The molecule has 0 fully saturated rings. The molecule has 0 spiro atoms. The van der Waals surface area contributed by atoms with Gasteiger partial charge in [0.2, 0.25) is 4.77 Å². The molecule has 5 nitrogen and oxygen atoms in total. The lowest BCUT2D eigenvalue weighted by Gasteiger charge is -2.18. The third-order valence-electron chi connectivity index (χ3n) is 3.88. The van der Waals surface area contributed by atoms with Crippen molar-refractivity contribution < 1.29 is 9.07 Å². The summed E-state index contributed by atoms with van der Waals surface area (Å²) in [5.74, 6) is 0.507. The quantitative estimate of drug-likeness (QED) is 0.572. The maximum atomic E-state index is 12.8. The van der Waals surface area contributed by atoms with Crippen LogP contribution in [-0.2, 0) is 6.42 Å². The van der Waals surface area contributed by atoms with E-state index in [2.05, 4.69) is 20.2 Å². The molecule has 0 amide bonds. The van der Waals surface area contributed by atoms with Gasteiger partial charge in [0.1, 0.15) is 5.82 Å². The van der Waals surface area contributed by atoms with Gasteiger partial charge in [0.05, 0.1) is 5.92 Å². The van der Waals surface area contributed by atoms with Crippen molar-refractivity contribution in [2.75, 3.05) is 0 Å². The van der Waals surface area contributed by atoms with Gasteiger partial charge in [-0.25, -0.2) is 4.98 Å². The van der Waals surface area contributed by atoms with Crippen LogP contribution in [0, 0.1) is 4.77 Å². The molecule has 3 aromatic rings. The molecule has 0 radical (unpaired) electrons. The second-order valence-corrected chi connectivity index (χ2v) is 5.42. The molecular formula is C16H24N4OS. The Labute approximate surface area is 137 Å². The van der Waals surface area contributed by atoms with E-state index in [0.717, 1.165) is 35.0 Å². The number of carbonyl (C=O) groups is 1. The number of aromatic amines is 3. The Morgan fingerprint density at radius 2 is 2.05 bits per heavy atom. The lowest BCUT2D eigenvalue weighted by molar-refractivity contribution is 0.0944. The van der Waals surface area contributed by atoms with E-state index in [1.165, 1.54) is 0 Å². The van der Waals surface area contributed by atoms with E-state index in [1.807, 2.05) is 38.1 Å². The van der Waals surface area contributed by atoms with E-state index in [9.17, 15) is 4.79 Å². The van der Waals surface area contributed by atoms with Crippen molar-refractivity contribution in [3.05, 3.63) is 46.1 Å². The highest BCUT2D eigenvalue weighted by molar-refractivity contribution is 7.71.